The molecular formula is C18H19N3. The number of rotatable bonds is 2. The summed E-state index contributed by atoms with van der Waals surface area (Å²) < 4.78 is 0. The molecule has 1 heterocycles. The SMILES string of the molecule is CC(C)(C)c1nc2ccccc2nc1Nc1ccccc1. The molecule has 1 aromatic heterocycles. The molecule has 0 atom stereocenters. The van der Waals surface area contributed by atoms with Crippen molar-refractivity contribution in [3.63, 3.8) is 0 Å². The Morgan fingerprint density at radius 2 is 1.33 bits per heavy atom. The molecule has 0 radical (unpaired) electrons. The molecule has 106 valence electrons. The summed E-state index contributed by atoms with van der Waals surface area (Å²) in [4.78, 5) is 9.58. The molecule has 0 saturated carbocycles. The van der Waals surface area contributed by atoms with Crippen molar-refractivity contribution in [2.24, 2.45) is 0 Å². The van der Waals surface area contributed by atoms with Crippen LogP contribution in [0.4, 0.5) is 11.5 Å². The minimum Gasteiger partial charge on any atom is -0.339 e. The number of nitrogens with zero attached hydrogens (tertiary/aromatic N) is 2. The number of anilines is 2. The van der Waals surface area contributed by atoms with E-state index in [2.05, 4.69) is 26.1 Å². The summed E-state index contributed by atoms with van der Waals surface area (Å²) in [6.07, 6.45) is 0. The summed E-state index contributed by atoms with van der Waals surface area (Å²) in [6, 6.07) is 18.1. The van der Waals surface area contributed by atoms with Crippen molar-refractivity contribution in [3.05, 3.63) is 60.3 Å². The molecule has 0 aliphatic carbocycles. The predicted molar refractivity (Wildman–Crippen MR) is 88.0 cm³/mol. The molecule has 0 saturated heterocycles. The molecule has 3 aromatic rings. The molecule has 2 aromatic carbocycles. The highest BCUT2D eigenvalue weighted by molar-refractivity contribution is 5.77. The van der Waals surface area contributed by atoms with Crippen LogP contribution >= 0.6 is 0 Å². The highest BCUT2D eigenvalue weighted by Gasteiger charge is 2.22. The lowest BCUT2D eigenvalue weighted by molar-refractivity contribution is 0.571. The Balaban J connectivity index is 2.14. The van der Waals surface area contributed by atoms with Gasteiger partial charge in [0.05, 0.1) is 16.7 Å². The summed E-state index contributed by atoms with van der Waals surface area (Å²) in [5.74, 6) is 0.826. The predicted octanol–water partition coefficient (Wildman–Crippen LogP) is 4.67. The summed E-state index contributed by atoms with van der Waals surface area (Å²) in [5.41, 5.74) is 3.76. The lowest BCUT2D eigenvalue weighted by atomic mass is 9.91. The van der Waals surface area contributed by atoms with Crippen molar-refractivity contribution >= 4 is 22.5 Å². The number of hydrogen-bond donors (Lipinski definition) is 1. The van der Waals surface area contributed by atoms with Gasteiger partial charge in [-0.15, -0.1) is 0 Å². The zero-order valence-electron chi connectivity index (χ0n) is 12.6. The Bertz CT molecular complexity index is 758. The second kappa shape index (κ2) is 5.17. The van der Waals surface area contributed by atoms with Crippen LogP contribution in [0, 0.1) is 0 Å². The summed E-state index contributed by atoms with van der Waals surface area (Å²) in [6.45, 7) is 6.46. The van der Waals surface area contributed by atoms with E-state index in [1.54, 1.807) is 0 Å². The molecule has 3 rings (SSSR count). The van der Waals surface area contributed by atoms with Crippen LogP contribution < -0.4 is 5.32 Å². The van der Waals surface area contributed by atoms with Crippen molar-refractivity contribution in [1.29, 1.82) is 0 Å². The molecule has 0 aliphatic heterocycles. The summed E-state index contributed by atoms with van der Waals surface area (Å²) in [7, 11) is 0. The maximum atomic E-state index is 4.82. The third kappa shape index (κ3) is 2.87. The molecule has 0 amide bonds. The summed E-state index contributed by atoms with van der Waals surface area (Å²) >= 11 is 0. The maximum absolute atomic E-state index is 4.82. The van der Waals surface area contributed by atoms with Crippen molar-refractivity contribution in [2.75, 3.05) is 5.32 Å². The van der Waals surface area contributed by atoms with Gasteiger partial charge in [-0.05, 0) is 24.3 Å². The molecule has 21 heavy (non-hydrogen) atoms. The lowest BCUT2D eigenvalue weighted by Crippen LogP contribution is -2.17. The number of nitrogens with one attached hydrogen (secondary N) is 1. The first kappa shape index (κ1) is 13.6. The van der Waals surface area contributed by atoms with Gasteiger partial charge in [-0.1, -0.05) is 51.1 Å². The van der Waals surface area contributed by atoms with E-state index in [-0.39, 0.29) is 5.41 Å². The molecule has 3 nitrogen and oxygen atoms in total. The number of para-hydroxylation sites is 3. The quantitative estimate of drug-likeness (QED) is 0.739. The Labute approximate surface area is 125 Å². The molecule has 0 aliphatic rings. The largest absolute Gasteiger partial charge is 0.339 e. The molecule has 3 heteroatoms. The molecule has 0 fully saturated rings. The van der Waals surface area contributed by atoms with E-state index in [1.807, 2.05) is 54.6 Å². The highest BCUT2D eigenvalue weighted by Crippen LogP contribution is 2.30. The van der Waals surface area contributed by atoms with Crippen LogP contribution in [0.5, 0.6) is 0 Å². The van der Waals surface area contributed by atoms with Crippen LogP contribution in [0.2, 0.25) is 0 Å². The number of benzene rings is 2. The third-order valence-electron chi connectivity index (χ3n) is 3.32. The standard InChI is InChI=1S/C18H19N3/c1-18(2,3)16-17(19-13-9-5-4-6-10-13)21-15-12-8-7-11-14(15)20-16/h4-12H,1-3H3,(H,19,21). The first-order chi connectivity index (χ1) is 10.0. The molecule has 0 bridgehead atoms. The summed E-state index contributed by atoms with van der Waals surface area (Å²) in [5, 5.41) is 3.40. The van der Waals surface area contributed by atoms with Crippen LogP contribution in [-0.2, 0) is 5.41 Å². The van der Waals surface area contributed by atoms with Gasteiger partial charge in [0.1, 0.15) is 0 Å². The fourth-order valence-electron chi connectivity index (χ4n) is 2.27. The maximum Gasteiger partial charge on any atom is 0.153 e. The van der Waals surface area contributed by atoms with E-state index in [0.29, 0.717) is 0 Å². The normalized spacial score (nSPS) is 11.6. The highest BCUT2D eigenvalue weighted by atomic mass is 15.0. The van der Waals surface area contributed by atoms with Gasteiger partial charge in [0.2, 0.25) is 0 Å². The molecular weight excluding hydrogens is 258 g/mol. The van der Waals surface area contributed by atoms with Crippen LogP contribution in [0.25, 0.3) is 11.0 Å². The van der Waals surface area contributed by atoms with E-state index in [9.17, 15) is 0 Å². The lowest BCUT2D eigenvalue weighted by Gasteiger charge is -2.22. The van der Waals surface area contributed by atoms with Crippen LogP contribution in [0.15, 0.2) is 54.6 Å². The van der Waals surface area contributed by atoms with Gasteiger partial charge in [0, 0.05) is 11.1 Å². The van der Waals surface area contributed by atoms with Crippen LogP contribution in [0.3, 0.4) is 0 Å². The third-order valence-corrected chi connectivity index (χ3v) is 3.32. The monoisotopic (exact) mass is 277 g/mol. The smallest absolute Gasteiger partial charge is 0.153 e. The zero-order valence-corrected chi connectivity index (χ0v) is 12.6. The van der Waals surface area contributed by atoms with Gasteiger partial charge in [0.15, 0.2) is 5.82 Å². The fraction of sp³-hybridized carbons (Fsp3) is 0.222. The molecule has 1 N–H and O–H groups in total. The zero-order chi connectivity index (χ0) is 14.9. The number of hydrogen-bond acceptors (Lipinski definition) is 3. The first-order valence-corrected chi connectivity index (χ1v) is 7.13. The fourth-order valence-corrected chi connectivity index (χ4v) is 2.27. The Kier molecular flexibility index (Phi) is 3.34. The van der Waals surface area contributed by atoms with E-state index in [1.165, 1.54) is 0 Å². The van der Waals surface area contributed by atoms with Gasteiger partial charge in [-0.25, -0.2) is 9.97 Å². The first-order valence-electron chi connectivity index (χ1n) is 7.13. The van der Waals surface area contributed by atoms with E-state index < -0.39 is 0 Å². The van der Waals surface area contributed by atoms with Gasteiger partial charge in [0.25, 0.3) is 0 Å². The van der Waals surface area contributed by atoms with Gasteiger partial charge >= 0.3 is 0 Å². The van der Waals surface area contributed by atoms with Crippen LogP contribution in [0.1, 0.15) is 26.5 Å². The van der Waals surface area contributed by atoms with Crippen LogP contribution in [-0.4, -0.2) is 9.97 Å². The molecule has 0 unspecified atom stereocenters. The topological polar surface area (TPSA) is 37.8 Å². The number of fused-ring (bicyclic) bond motifs is 1. The average molecular weight is 277 g/mol. The van der Waals surface area contributed by atoms with E-state index in [4.69, 9.17) is 9.97 Å². The minimum absolute atomic E-state index is 0.0753. The number of aromatic nitrogens is 2. The van der Waals surface area contributed by atoms with Crippen molar-refractivity contribution in [1.82, 2.24) is 9.97 Å². The Morgan fingerprint density at radius 3 is 1.95 bits per heavy atom. The Hall–Kier alpha value is -2.42. The average Bonchev–Trinajstić information content (AvgIpc) is 2.46. The van der Waals surface area contributed by atoms with Crippen molar-refractivity contribution < 1.29 is 0 Å². The van der Waals surface area contributed by atoms with Gasteiger partial charge in [-0.3, -0.25) is 0 Å². The minimum atomic E-state index is -0.0753. The molecule has 0 spiro atoms. The van der Waals surface area contributed by atoms with Gasteiger partial charge < -0.3 is 5.32 Å². The van der Waals surface area contributed by atoms with Crippen molar-refractivity contribution in [3.8, 4) is 0 Å². The Morgan fingerprint density at radius 1 is 0.762 bits per heavy atom. The van der Waals surface area contributed by atoms with Gasteiger partial charge in [-0.2, -0.15) is 0 Å². The van der Waals surface area contributed by atoms with E-state index >= 15 is 0 Å². The second-order valence-electron chi connectivity index (χ2n) is 6.15. The van der Waals surface area contributed by atoms with Crippen molar-refractivity contribution in [2.45, 2.75) is 26.2 Å². The van der Waals surface area contributed by atoms with E-state index in [0.717, 1.165) is 28.2 Å². The second-order valence-corrected chi connectivity index (χ2v) is 6.15.